The van der Waals surface area contributed by atoms with Crippen LogP contribution in [0.1, 0.15) is 40.5 Å². The molecule has 1 aliphatic rings. The zero-order valence-electron chi connectivity index (χ0n) is 13.8. The normalized spacial score (nSPS) is 17.1. The molecule has 0 aromatic rings. The molecule has 1 fully saturated rings. The van der Waals surface area contributed by atoms with Gasteiger partial charge in [0.25, 0.3) is 0 Å². The highest BCUT2D eigenvalue weighted by Gasteiger charge is 2.27. The van der Waals surface area contributed by atoms with E-state index in [9.17, 15) is 4.79 Å². The van der Waals surface area contributed by atoms with Gasteiger partial charge in [0.2, 0.25) is 0 Å². The van der Waals surface area contributed by atoms with Crippen LogP contribution in [-0.2, 0) is 4.74 Å². The summed E-state index contributed by atoms with van der Waals surface area (Å²) in [4.78, 5) is 13.8. The lowest BCUT2D eigenvalue weighted by Gasteiger charge is -2.34. The van der Waals surface area contributed by atoms with Crippen LogP contribution >= 0.6 is 15.9 Å². The first-order valence-electron chi connectivity index (χ1n) is 7.44. The Bertz CT molecular complexity index is 472. The van der Waals surface area contributed by atoms with Crippen molar-refractivity contribution in [1.82, 2.24) is 10.2 Å². The number of halogens is 1. The van der Waals surface area contributed by atoms with E-state index in [-0.39, 0.29) is 12.1 Å². The Morgan fingerprint density at radius 3 is 2.36 bits per heavy atom. The summed E-state index contributed by atoms with van der Waals surface area (Å²) in [5, 5.41) is 10.9. The maximum absolute atomic E-state index is 12.0. The van der Waals surface area contributed by atoms with E-state index in [2.05, 4.69) is 27.8 Å². The average molecular weight is 372 g/mol. The molecular formula is C16H26BrN3O2. The van der Waals surface area contributed by atoms with Gasteiger partial charge in [-0.15, -0.1) is 0 Å². The van der Waals surface area contributed by atoms with Gasteiger partial charge in [-0.3, -0.25) is 5.41 Å². The fraction of sp³-hybridized carbons (Fsp3) is 0.625. The van der Waals surface area contributed by atoms with Crippen molar-refractivity contribution in [3.05, 3.63) is 23.9 Å². The zero-order valence-corrected chi connectivity index (χ0v) is 15.4. The Labute approximate surface area is 141 Å². The molecule has 0 saturated carbocycles. The summed E-state index contributed by atoms with van der Waals surface area (Å²) in [6.07, 6.45) is 3.16. The van der Waals surface area contributed by atoms with Crippen molar-refractivity contribution in [3.8, 4) is 0 Å². The molecule has 0 aromatic carbocycles. The summed E-state index contributed by atoms with van der Waals surface area (Å²) in [7, 11) is 0. The predicted molar refractivity (Wildman–Crippen MR) is 93.5 cm³/mol. The number of carbonyl (C=O) groups excluding carboxylic acids is 1. The number of nitrogens with one attached hydrogen (secondary N) is 2. The topological polar surface area (TPSA) is 65.4 Å². The Morgan fingerprint density at radius 1 is 1.41 bits per heavy atom. The lowest BCUT2D eigenvalue weighted by molar-refractivity contribution is 0.0201. The van der Waals surface area contributed by atoms with Gasteiger partial charge in [0.1, 0.15) is 5.60 Å². The van der Waals surface area contributed by atoms with E-state index in [1.165, 1.54) is 0 Å². The first-order valence-corrected chi connectivity index (χ1v) is 8.24. The molecule has 22 heavy (non-hydrogen) atoms. The second-order valence-corrected chi connectivity index (χ2v) is 7.43. The van der Waals surface area contributed by atoms with Gasteiger partial charge in [-0.1, -0.05) is 6.58 Å². The SMILES string of the molecule is C=C(C)/C(=C/C(=N)Br)NC1CCN(C(=O)OC(C)(C)C)CC1. The number of amides is 1. The molecule has 0 aliphatic carbocycles. The van der Waals surface area contributed by atoms with Gasteiger partial charge >= 0.3 is 6.09 Å². The molecule has 2 N–H and O–H groups in total. The summed E-state index contributed by atoms with van der Waals surface area (Å²) >= 11 is 3.12. The van der Waals surface area contributed by atoms with Crippen LogP contribution in [0.15, 0.2) is 23.9 Å². The molecule has 1 saturated heterocycles. The first-order chi connectivity index (χ1) is 10.1. The van der Waals surface area contributed by atoms with Crippen molar-refractivity contribution < 1.29 is 9.53 Å². The van der Waals surface area contributed by atoms with Crippen molar-refractivity contribution in [2.24, 2.45) is 0 Å². The van der Waals surface area contributed by atoms with Crippen LogP contribution in [0.4, 0.5) is 4.79 Å². The minimum Gasteiger partial charge on any atom is -0.444 e. The van der Waals surface area contributed by atoms with Crippen molar-refractivity contribution in [2.75, 3.05) is 13.1 Å². The molecule has 124 valence electrons. The standard InChI is InChI=1S/C16H26BrN3O2/c1-11(2)13(10-14(17)18)19-12-6-8-20(9-7-12)15(21)22-16(3,4)5/h10,12,18-19H,1,6-9H2,2-5H3/b13-10-,18-14?. The number of hydrogen-bond acceptors (Lipinski definition) is 4. The highest BCUT2D eigenvalue weighted by atomic mass is 79.9. The predicted octanol–water partition coefficient (Wildman–Crippen LogP) is 3.81. The number of rotatable bonds is 4. The van der Waals surface area contributed by atoms with Gasteiger partial charge in [-0.05, 0) is 68.1 Å². The minimum atomic E-state index is -0.460. The largest absolute Gasteiger partial charge is 0.444 e. The van der Waals surface area contributed by atoms with E-state index in [1.54, 1.807) is 11.0 Å². The van der Waals surface area contributed by atoms with Gasteiger partial charge in [-0.2, -0.15) is 0 Å². The highest BCUT2D eigenvalue weighted by molar-refractivity contribution is 9.18. The maximum Gasteiger partial charge on any atom is 0.410 e. The molecule has 0 bridgehead atoms. The quantitative estimate of drug-likeness (QED) is 0.583. The molecule has 0 atom stereocenters. The second kappa shape index (κ2) is 7.81. The number of nitrogens with zero attached hydrogens (tertiary/aromatic N) is 1. The Balaban J connectivity index is 2.53. The molecule has 1 rings (SSSR count). The van der Waals surface area contributed by atoms with Gasteiger partial charge < -0.3 is 15.0 Å². The fourth-order valence-electron chi connectivity index (χ4n) is 2.17. The van der Waals surface area contributed by atoms with Crippen LogP contribution in [-0.4, -0.2) is 40.3 Å². The summed E-state index contributed by atoms with van der Waals surface area (Å²) in [5.41, 5.74) is 1.29. The van der Waals surface area contributed by atoms with Gasteiger partial charge in [0.15, 0.2) is 0 Å². The van der Waals surface area contributed by atoms with Crippen molar-refractivity contribution >= 4 is 26.6 Å². The molecule has 6 heteroatoms. The fourth-order valence-corrected chi connectivity index (χ4v) is 2.40. The van der Waals surface area contributed by atoms with Crippen LogP contribution in [0.5, 0.6) is 0 Å². The summed E-state index contributed by atoms with van der Waals surface area (Å²) < 4.78 is 5.70. The van der Waals surface area contributed by atoms with Gasteiger partial charge in [-0.25, -0.2) is 4.79 Å². The first kappa shape index (κ1) is 18.7. The Morgan fingerprint density at radius 2 is 1.95 bits per heavy atom. The summed E-state index contributed by atoms with van der Waals surface area (Å²) in [5.74, 6) is 0. The number of hydrogen-bond donors (Lipinski definition) is 2. The third-order valence-electron chi connectivity index (χ3n) is 3.24. The zero-order chi connectivity index (χ0) is 16.9. The molecular weight excluding hydrogens is 346 g/mol. The number of allylic oxidation sites excluding steroid dienone is 2. The van der Waals surface area contributed by atoms with Crippen molar-refractivity contribution in [2.45, 2.75) is 52.2 Å². The van der Waals surface area contributed by atoms with Crippen LogP contribution in [0, 0.1) is 5.41 Å². The smallest absolute Gasteiger partial charge is 0.410 e. The lowest BCUT2D eigenvalue weighted by atomic mass is 10.0. The molecule has 1 heterocycles. The minimum absolute atomic E-state index is 0.246. The number of carbonyl (C=O) groups is 1. The monoisotopic (exact) mass is 371 g/mol. The molecule has 5 nitrogen and oxygen atoms in total. The lowest BCUT2D eigenvalue weighted by Crippen LogP contribution is -2.46. The Hall–Kier alpha value is -1.30. The van der Waals surface area contributed by atoms with Crippen LogP contribution < -0.4 is 5.32 Å². The molecule has 1 amide bonds. The number of likely N-dealkylation sites (tertiary alicyclic amines) is 1. The number of ether oxygens (including phenoxy) is 1. The van der Waals surface area contributed by atoms with Crippen LogP contribution in [0.2, 0.25) is 0 Å². The van der Waals surface area contributed by atoms with E-state index in [0.29, 0.717) is 17.7 Å². The molecule has 1 aliphatic heterocycles. The van der Waals surface area contributed by atoms with E-state index < -0.39 is 5.60 Å². The molecule has 0 radical (unpaired) electrons. The van der Waals surface area contributed by atoms with Crippen molar-refractivity contribution in [3.63, 3.8) is 0 Å². The maximum atomic E-state index is 12.0. The molecule has 0 aromatic heterocycles. The summed E-state index contributed by atoms with van der Waals surface area (Å²) in [6, 6.07) is 0.272. The van der Waals surface area contributed by atoms with Crippen molar-refractivity contribution in [1.29, 1.82) is 5.41 Å². The van der Waals surface area contributed by atoms with Crippen LogP contribution in [0.25, 0.3) is 0 Å². The van der Waals surface area contributed by atoms with E-state index >= 15 is 0 Å². The van der Waals surface area contributed by atoms with Gasteiger partial charge in [0.05, 0.1) is 4.62 Å². The highest BCUT2D eigenvalue weighted by Crippen LogP contribution is 2.17. The van der Waals surface area contributed by atoms with E-state index in [4.69, 9.17) is 10.1 Å². The van der Waals surface area contributed by atoms with E-state index in [0.717, 1.165) is 24.1 Å². The van der Waals surface area contributed by atoms with Gasteiger partial charge in [0, 0.05) is 24.8 Å². The molecule has 0 unspecified atom stereocenters. The average Bonchev–Trinajstić information content (AvgIpc) is 2.36. The van der Waals surface area contributed by atoms with E-state index in [1.807, 2.05) is 27.7 Å². The third-order valence-corrected chi connectivity index (χ3v) is 3.47. The van der Waals surface area contributed by atoms with Crippen LogP contribution in [0.3, 0.4) is 0 Å². The Kier molecular flexibility index (Phi) is 6.66. The number of piperidine rings is 1. The second-order valence-electron chi connectivity index (χ2n) is 6.57. The molecule has 0 spiro atoms. The summed E-state index contributed by atoms with van der Waals surface area (Å²) in [6.45, 7) is 12.8. The third kappa shape index (κ3) is 6.64.